The molecule has 1 aliphatic rings. The summed E-state index contributed by atoms with van der Waals surface area (Å²) in [5.74, 6) is 0.389. The lowest BCUT2D eigenvalue weighted by atomic mass is 9.96. The summed E-state index contributed by atoms with van der Waals surface area (Å²) in [7, 11) is 0. The minimum absolute atomic E-state index is 0.0763. The Morgan fingerprint density at radius 3 is 2.40 bits per heavy atom. The normalized spacial score (nSPS) is 15.4. The molecule has 3 aromatic carbocycles. The van der Waals surface area contributed by atoms with Crippen LogP contribution in [-0.4, -0.2) is 35.0 Å². The van der Waals surface area contributed by atoms with Crippen molar-refractivity contribution in [1.82, 2.24) is 14.8 Å². The Labute approximate surface area is 206 Å². The number of hydrogen-bond acceptors (Lipinski definition) is 2. The zero-order chi connectivity index (χ0) is 24.2. The van der Waals surface area contributed by atoms with E-state index in [1.807, 2.05) is 41.3 Å². The number of piperidine rings is 1. The van der Waals surface area contributed by atoms with Gasteiger partial charge >= 0.3 is 0 Å². The van der Waals surface area contributed by atoms with Crippen LogP contribution in [0.1, 0.15) is 47.4 Å². The van der Waals surface area contributed by atoms with Crippen molar-refractivity contribution in [1.29, 1.82) is 0 Å². The van der Waals surface area contributed by atoms with Gasteiger partial charge in [-0.15, -0.1) is 0 Å². The standard InChI is InChI=1S/C30H32FN3O/c1-22(25-7-3-2-4-8-25)32-20-23-15-17-33(18-16-23)30(35)29-19-26-9-5-6-10-28(26)34(29)21-24-11-13-27(31)14-12-24/h2-14,19,22-23,32H,15-18,20-21H2,1H3/t22-/m0/s1. The van der Waals surface area contributed by atoms with Gasteiger partial charge in [-0.2, -0.15) is 0 Å². The Balaban J connectivity index is 1.25. The van der Waals surface area contributed by atoms with Crippen LogP contribution in [-0.2, 0) is 6.54 Å². The number of aromatic nitrogens is 1. The van der Waals surface area contributed by atoms with Crippen LogP contribution in [0.4, 0.5) is 4.39 Å². The second-order valence-corrected chi connectivity index (χ2v) is 9.58. The van der Waals surface area contributed by atoms with Gasteiger partial charge in [-0.25, -0.2) is 4.39 Å². The highest BCUT2D eigenvalue weighted by Gasteiger charge is 2.26. The molecule has 5 heteroatoms. The lowest BCUT2D eigenvalue weighted by Crippen LogP contribution is -2.41. The van der Waals surface area contributed by atoms with Gasteiger partial charge < -0.3 is 14.8 Å². The number of carbonyl (C=O) groups is 1. The molecule has 180 valence electrons. The molecular weight excluding hydrogens is 437 g/mol. The van der Waals surface area contributed by atoms with Gasteiger partial charge in [0.05, 0.1) is 0 Å². The van der Waals surface area contributed by atoms with Crippen molar-refractivity contribution < 1.29 is 9.18 Å². The Morgan fingerprint density at radius 2 is 1.66 bits per heavy atom. The molecule has 4 aromatic rings. The first-order chi connectivity index (χ1) is 17.1. The van der Waals surface area contributed by atoms with Crippen molar-refractivity contribution >= 4 is 16.8 Å². The smallest absolute Gasteiger partial charge is 0.270 e. The summed E-state index contributed by atoms with van der Waals surface area (Å²) >= 11 is 0. The Morgan fingerprint density at radius 1 is 0.971 bits per heavy atom. The largest absolute Gasteiger partial charge is 0.337 e. The van der Waals surface area contributed by atoms with E-state index in [0.717, 1.165) is 48.9 Å². The number of hydrogen-bond donors (Lipinski definition) is 1. The lowest BCUT2D eigenvalue weighted by Gasteiger charge is -2.33. The molecule has 0 bridgehead atoms. The number of benzene rings is 3. The number of para-hydroxylation sites is 1. The van der Waals surface area contributed by atoms with E-state index >= 15 is 0 Å². The third-order valence-corrected chi connectivity index (χ3v) is 7.20. The van der Waals surface area contributed by atoms with Crippen molar-refractivity contribution in [2.75, 3.05) is 19.6 Å². The fourth-order valence-corrected chi connectivity index (χ4v) is 5.04. The first kappa shape index (κ1) is 23.3. The summed E-state index contributed by atoms with van der Waals surface area (Å²) in [4.78, 5) is 15.6. The van der Waals surface area contributed by atoms with Gasteiger partial charge in [0, 0.05) is 36.6 Å². The summed E-state index contributed by atoms with van der Waals surface area (Å²) in [5, 5.41) is 4.72. The van der Waals surface area contributed by atoms with Crippen LogP contribution < -0.4 is 5.32 Å². The minimum Gasteiger partial charge on any atom is -0.337 e. The first-order valence-corrected chi connectivity index (χ1v) is 12.5. The summed E-state index contributed by atoms with van der Waals surface area (Å²) in [6.07, 6.45) is 2.00. The number of carbonyl (C=O) groups excluding carboxylic acids is 1. The predicted octanol–water partition coefficient (Wildman–Crippen LogP) is 6.03. The van der Waals surface area contributed by atoms with Crippen LogP contribution in [0.3, 0.4) is 0 Å². The van der Waals surface area contributed by atoms with E-state index in [-0.39, 0.29) is 11.7 Å². The molecule has 1 saturated heterocycles. The molecule has 4 nitrogen and oxygen atoms in total. The van der Waals surface area contributed by atoms with E-state index in [1.54, 1.807) is 12.1 Å². The molecule has 1 amide bonds. The zero-order valence-electron chi connectivity index (χ0n) is 20.2. The molecule has 1 N–H and O–H groups in total. The molecule has 1 aromatic heterocycles. The van der Waals surface area contributed by atoms with Crippen LogP contribution in [0.25, 0.3) is 10.9 Å². The van der Waals surface area contributed by atoms with E-state index < -0.39 is 0 Å². The van der Waals surface area contributed by atoms with Gasteiger partial charge in [0.2, 0.25) is 0 Å². The molecule has 1 atom stereocenters. The van der Waals surface area contributed by atoms with Crippen LogP contribution in [0.5, 0.6) is 0 Å². The Bertz CT molecular complexity index is 1270. The van der Waals surface area contributed by atoms with Crippen LogP contribution in [0.2, 0.25) is 0 Å². The van der Waals surface area contributed by atoms with E-state index in [2.05, 4.69) is 41.1 Å². The maximum atomic E-state index is 13.6. The van der Waals surface area contributed by atoms with Crippen LogP contribution in [0.15, 0.2) is 84.9 Å². The first-order valence-electron chi connectivity index (χ1n) is 12.5. The average Bonchev–Trinajstić information content (AvgIpc) is 3.27. The highest BCUT2D eigenvalue weighted by Crippen LogP contribution is 2.25. The van der Waals surface area contributed by atoms with Gasteiger partial charge in [-0.05, 0) is 67.6 Å². The zero-order valence-corrected chi connectivity index (χ0v) is 20.2. The lowest BCUT2D eigenvalue weighted by molar-refractivity contribution is 0.0679. The number of nitrogens with zero attached hydrogens (tertiary/aromatic N) is 2. The van der Waals surface area contributed by atoms with Crippen molar-refractivity contribution in [2.24, 2.45) is 5.92 Å². The molecule has 0 saturated carbocycles. The molecule has 1 fully saturated rings. The fraction of sp³-hybridized carbons (Fsp3) is 0.300. The highest BCUT2D eigenvalue weighted by atomic mass is 19.1. The second-order valence-electron chi connectivity index (χ2n) is 9.58. The van der Waals surface area contributed by atoms with Crippen molar-refractivity contribution in [3.8, 4) is 0 Å². The molecule has 0 spiro atoms. The minimum atomic E-state index is -0.252. The van der Waals surface area contributed by atoms with E-state index in [9.17, 15) is 9.18 Å². The molecule has 35 heavy (non-hydrogen) atoms. The monoisotopic (exact) mass is 469 g/mol. The van der Waals surface area contributed by atoms with Crippen molar-refractivity contribution in [3.05, 3.63) is 108 Å². The quantitative estimate of drug-likeness (QED) is 0.359. The molecule has 2 heterocycles. The van der Waals surface area contributed by atoms with Crippen LogP contribution >= 0.6 is 0 Å². The fourth-order valence-electron chi connectivity index (χ4n) is 5.04. The number of likely N-dealkylation sites (tertiary alicyclic amines) is 1. The highest BCUT2D eigenvalue weighted by molar-refractivity contribution is 5.99. The topological polar surface area (TPSA) is 37.3 Å². The van der Waals surface area contributed by atoms with Crippen molar-refractivity contribution in [3.63, 3.8) is 0 Å². The SMILES string of the molecule is C[C@H](NCC1CCN(C(=O)c2cc3ccccc3n2Cc2ccc(F)cc2)CC1)c1ccccc1. The third-order valence-electron chi connectivity index (χ3n) is 7.20. The molecule has 0 radical (unpaired) electrons. The van der Waals surface area contributed by atoms with Gasteiger partial charge in [-0.1, -0.05) is 60.7 Å². The summed E-state index contributed by atoms with van der Waals surface area (Å²) < 4.78 is 15.5. The molecule has 1 aliphatic heterocycles. The van der Waals surface area contributed by atoms with Crippen LogP contribution in [0, 0.1) is 11.7 Å². The Kier molecular flexibility index (Phi) is 6.96. The predicted molar refractivity (Wildman–Crippen MR) is 139 cm³/mol. The number of fused-ring (bicyclic) bond motifs is 1. The van der Waals surface area contributed by atoms with Gasteiger partial charge in [0.25, 0.3) is 5.91 Å². The number of rotatable bonds is 7. The van der Waals surface area contributed by atoms with Gasteiger partial charge in [0.1, 0.15) is 11.5 Å². The maximum Gasteiger partial charge on any atom is 0.270 e. The van der Waals surface area contributed by atoms with E-state index in [1.165, 1.54) is 17.7 Å². The average molecular weight is 470 g/mol. The molecular formula is C30H32FN3O. The number of amides is 1. The summed E-state index contributed by atoms with van der Waals surface area (Å²) in [6.45, 7) is 5.23. The summed E-state index contributed by atoms with van der Waals surface area (Å²) in [5.41, 5.74) is 3.99. The van der Waals surface area contributed by atoms with Gasteiger partial charge in [-0.3, -0.25) is 4.79 Å². The Hall–Kier alpha value is -3.44. The van der Waals surface area contributed by atoms with E-state index in [4.69, 9.17) is 0 Å². The molecule has 5 rings (SSSR count). The molecule has 0 unspecified atom stereocenters. The van der Waals surface area contributed by atoms with E-state index in [0.29, 0.717) is 24.2 Å². The maximum absolute atomic E-state index is 13.6. The second kappa shape index (κ2) is 10.4. The summed E-state index contributed by atoms with van der Waals surface area (Å²) in [6, 6.07) is 27.4. The number of halogens is 1. The third kappa shape index (κ3) is 5.30. The molecule has 0 aliphatic carbocycles. The van der Waals surface area contributed by atoms with Crippen molar-refractivity contribution in [2.45, 2.75) is 32.4 Å². The number of nitrogens with one attached hydrogen (secondary N) is 1. The van der Waals surface area contributed by atoms with Gasteiger partial charge in [0.15, 0.2) is 0 Å².